The van der Waals surface area contributed by atoms with Crippen LogP contribution in [-0.4, -0.2) is 23.4 Å². The largest absolute Gasteiger partial charge is 0.493 e. The number of hydrogen-bond donors (Lipinski definition) is 1. The molecule has 0 bridgehead atoms. The van der Waals surface area contributed by atoms with Gasteiger partial charge in [0.25, 0.3) is 5.91 Å². The lowest BCUT2D eigenvalue weighted by atomic mass is 10.1. The van der Waals surface area contributed by atoms with E-state index in [2.05, 4.69) is 35.1 Å². The summed E-state index contributed by atoms with van der Waals surface area (Å²) >= 11 is 3.37. The number of rotatable bonds is 6. The maximum absolute atomic E-state index is 12.6. The smallest absolute Gasteiger partial charge is 0.329 e. The Hall–Kier alpha value is -2.60. The third-order valence-corrected chi connectivity index (χ3v) is 4.52. The minimum Gasteiger partial charge on any atom is -0.493 e. The number of imide groups is 1. The van der Waals surface area contributed by atoms with Crippen LogP contribution in [0, 0.1) is 5.92 Å². The monoisotopic (exact) mass is 428 g/mol. The van der Waals surface area contributed by atoms with Crippen LogP contribution in [0.1, 0.15) is 25.0 Å². The molecule has 1 N–H and O–H groups in total. The van der Waals surface area contributed by atoms with Gasteiger partial charge in [-0.15, -0.1) is 0 Å². The SMILES string of the molecule is CC(C)COc1ccc(C=C2NC(=O)N(Cc3ccc(Br)cc3)C2=O)cc1. The molecule has 2 aromatic rings. The van der Waals surface area contributed by atoms with Gasteiger partial charge in [-0.05, 0) is 47.4 Å². The molecular weight excluding hydrogens is 408 g/mol. The number of amides is 3. The lowest BCUT2D eigenvalue weighted by Gasteiger charge is -2.11. The number of ether oxygens (including phenoxy) is 1. The van der Waals surface area contributed by atoms with Gasteiger partial charge in [0.2, 0.25) is 0 Å². The summed E-state index contributed by atoms with van der Waals surface area (Å²) in [5, 5.41) is 2.65. The van der Waals surface area contributed by atoms with Crippen molar-refractivity contribution in [1.29, 1.82) is 0 Å². The van der Waals surface area contributed by atoms with E-state index in [0.29, 0.717) is 12.5 Å². The normalized spacial score (nSPS) is 15.6. The minimum atomic E-state index is -0.411. The predicted octanol–water partition coefficient (Wildman–Crippen LogP) is 4.58. The Morgan fingerprint density at radius 3 is 2.37 bits per heavy atom. The lowest BCUT2D eigenvalue weighted by molar-refractivity contribution is -0.123. The van der Waals surface area contributed by atoms with Crippen molar-refractivity contribution in [3.8, 4) is 5.75 Å². The van der Waals surface area contributed by atoms with Crippen LogP contribution in [0.5, 0.6) is 5.75 Å². The molecule has 0 radical (unpaired) electrons. The van der Waals surface area contributed by atoms with E-state index in [9.17, 15) is 9.59 Å². The first-order chi connectivity index (χ1) is 12.9. The molecule has 1 aliphatic rings. The molecule has 1 fully saturated rings. The van der Waals surface area contributed by atoms with Crippen molar-refractivity contribution in [2.45, 2.75) is 20.4 Å². The highest BCUT2D eigenvalue weighted by Crippen LogP contribution is 2.20. The van der Waals surface area contributed by atoms with Gasteiger partial charge in [-0.3, -0.25) is 9.69 Å². The second-order valence-corrected chi connectivity index (χ2v) is 7.70. The predicted molar refractivity (Wildman–Crippen MR) is 108 cm³/mol. The third kappa shape index (κ3) is 4.98. The summed E-state index contributed by atoms with van der Waals surface area (Å²) in [5.41, 5.74) is 1.98. The summed E-state index contributed by atoms with van der Waals surface area (Å²) < 4.78 is 6.60. The summed E-state index contributed by atoms with van der Waals surface area (Å²) in [6.07, 6.45) is 1.67. The Kier molecular flexibility index (Phi) is 5.96. The number of benzene rings is 2. The van der Waals surface area contributed by atoms with E-state index in [0.717, 1.165) is 21.3 Å². The quantitative estimate of drug-likeness (QED) is 0.541. The van der Waals surface area contributed by atoms with Crippen LogP contribution in [0.2, 0.25) is 0 Å². The summed E-state index contributed by atoms with van der Waals surface area (Å²) in [6, 6.07) is 14.5. The molecule has 1 heterocycles. The minimum absolute atomic E-state index is 0.233. The Labute approximate surface area is 167 Å². The molecule has 0 atom stereocenters. The summed E-state index contributed by atoms with van der Waals surface area (Å²) in [5.74, 6) is 0.905. The molecular formula is C21H21BrN2O3. The van der Waals surface area contributed by atoms with Crippen LogP contribution in [-0.2, 0) is 11.3 Å². The van der Waals surface area contributed by atoms with Crippen LogP contribution >= 0.6 is 15.9 Å². The van der Waals surface area contributed by atoms with Gasteiger partial charge in [-0.25, -0.2) is 4.79 Å². The van der Waals surface area contributed by atoms with Crippen molar-refractivity contribution in [3.63, 3.8) is 0 Å². The molecule has 140 valence electrons. The van der Waals surface area contributed by atoms with E-state index in [1.54, 1.807) is 6.08 Å². The summed E-state index contributed by atoms with van der Waals surface area (Å²) in [6.45, 7) is 5.07. The fourth-order valence-electron chi connectivity index (χ4n) is 2.58. The van der Waals surface area contributed by atoms with E-state index < -0.39 is 6.03 Å². The average molecular weight is 429 g/mol. The Morgan fingerprint density at radius 2 is 1.74 bits per heavy atom. The van der Waals surface area contributed by atoms with Crippen molar-refractivity contribution in [3.05, 3.63) is 69.8 Å². The molecule has 3 rings (SSSR count). The van der Waals surface area contributed by atoms with Gasteiger partial charge in [-0.2, -0.15) is 0 Å². The molecule has 2 aromatic carbocycles. The maximum Gasteiger partial charge on any atom is 0.329 e. The van der Waals surface area contributed by atoms with Crippen molar-refractivity contribution in [2.24, 2.45) is 5.92 Å². The van der Waals surface area contributed by atoms with Gasteiger partial charge in [-0.1, -0.05) is 54.0 Å². The average Bonchev–Trinajstić information content (AvgIpc) is 2.90. The Balaban J connectivity index is 1.69. The van der Waals surface area contributed by atoms with E-state index in [-0.39, 0.29) is 18.1 Å². The van der Waals surface area contributed by atoms with E-state index in [4.69, 9.17) is 4.74 Å². The topological polar surface area (TPSA) is 58.6 Å². The number of urea groups is 1. The highest BCUT2D eigenvalue weighted by molar-refractivity contribution is 9.10. The number of carbonyl (C=O) groups is 2. The number of carbonyl (C=O) groups excluding carboxylic acids is 2. The van der Waals surface area contributed by atoms with Crippen molar-refractivity contribution < 1.29 is 14.3 Å². The van der Waals surface area contributed by atoms with Gasteiger partial charge in [0, 0.05) is 4.47 Å². The van der Waals surface area contributed by atoms with Gasteiger partial charge < -0.3 is 10.1 Å². The number of hydrogen-bond acceptors (Lipinski definition) is 3. The molecule has 0 aliphatic carbocycles. The number of halogens is 1. The summed E-state index contributed by atoms with van der Waals surface area (Å²) in [7, 11) is 0. The van der Waals surface area contributed by atoms with Crippen LogP contribution in [0.15, 0.2) is 58.7 Å². The maximum atomic E-state index is 12.6. The summed E-state index contributed by atoms with van der Waals surface area (Å²) in [4.78, 5) is 26.0. The van der Waals surface area contributed by atoms with Crippen molar-refractivity contribution in [1.82, 2.24) is 10.2 Å². The number of nitrogens with zero attached hydrogens (tertiary/aromatic N) is 1. The highest BCUT2D eigenvalue weighted by Gasteiger charge is 2.33. The molecule has 0 aromatic heterocycles. The fourth-order valence-corrected chi connectivity index (χ4v) is 2.84. The molecule has 1 saturated heterocycles. The van der Waals surface area contributed by atoms with Gasteiger partial charge >= 0.3 is 6.03 Å². The van der Waals surface area contributed by atoms with Gasteiger partial charge in [0.05, 0.1) is 13.2 Å². The van der Waals surface area contributed by atoms with Gasteiger partial charge in [0.15, 0.2) is 0 Å². The van der Waals surface area contributed by atoms with Crippen LogP contribution in [0.25, 0.3) is 6.08 Å². The highest BCUT2D eigenvalue weighted by atomic mass is 79.9. The van der Waals surface area contributed by atoms with E-state index >= 15 is 0 Å². The Bertz CT molecular complexity index is 858. The molecule has 0 unspecified atom stereocenters. The molecule has 1 aliphatic heterocycles. The first kappa shape index (κ1) is 19.2. The molecule has 6 heteroatoms. The molecule has 27 heavy (non-hydrogen) atoms. The second-order valence-electron chi connectivity index (χ2n) is 6.78. The molecule has 5 nitrogen and oxygen atoms in total. The van der Waals surface area contributed by atoms with E-state index in [1.165, 1.54) is 4.90 Å². The van der Waals surface area contributed by atoms with E-state index in [1.807, 2.05) is 48.5 Å². The van der Waals surface area contributed by atoms with Crippen LogP contribution in [0.3, 0.4) is 0 Å². The van der Waals surface area contributed by atoms with Crippen LogP contribution < -0.4 is 10.1 Å². The fraction of sp³-hybridized carbons (Fsp3) is 0.238. The second kappa shape index (κ2) is 8.39. The zero-order valence-electron chi connectivity index (χ0n) is 15.2. The van der Waals surface area contributed by atoms with Crippen molar-refractivity contribution in [2.75, 3.05) is 6.61 Å². The lowest BCUT2D eigenvalue weighted by Crippen LogP contribution is -2.30. The Morgan fingerprint density at radius 1 is 1.07 bits per heavy atom. The standard InChI is InChI=1S/C21H21BrN2O3/c1-14(2)13-27-18-9-5-15(6-10-18)11-19-20(25)24(21(26)23-19)12-16-3-7-17(22)8-4-16/h3-11,14H,12-13H2,1-2H3,(H,23,26). The van der Waals surface area contributed by atoms with Gasteiger partial charge in [0.1, 0.15) is 11.4 Å². The first-order valence-electron chi connectivity index (χ1n) is 8.74. The zero-order valence-corrected chi connectivity index (χ0v) is 16.8. The first-order valence-corrected chi connectivity index (χ1v) is 9.53. The molecule has 0 saturated carbocycles. The molecule has 3 amide bonds. The van der Waals surface area contributed by atoms with Crippen molar-refractivity contribution >= 4 is 33.9 Å². The molecule has 0 spiro atoms. The third-order valence-electron chi connectivity index (χ3n) is 3.99. The number of nitrogens with one attached hydrogen (secondary N) is 1. The van der Waals surface area contributed by atoms with Crippen LogP contribution in [0.4, 0.5) is 4.79 Å². The zero-order chi connectivity index (χ0) is 19.4.